The molecule has 0 aliphatic carbocycles. The van der Waals surface area contributed by atoms with E-state index in [0.29, 0.717) is 6.61 Å². The molecular weight excluding hydrogens is 104 g/mol. The van der Waals surface area contributed by atoms with Crippen molar-refractivity contribution < 1.29 is 4.74 Å². The lowest BCUT2D eigenvalue weighted by Crippen LogP contribution is -2.03. The predicted molar refractivity (Wildman–Crippen MR) is 34.1 cm³/mol. The lowest BCUT2D eigenvalue weighted by atomic mass is 10.8. The fraction of sp³-hybridized carbons (Fsp3) is 0.800. The van der Waals surface area contributed by atoms with E-state index in [0.717, 1.165) is 0 Å². The minimum atomic E-state index is 0.582. The van der Waals surface area contributed by atoms with Crippen LogP contribution in [0.1, 0.15) is 0 Å². The number of rotatable bonds is 3. The maximum Gasteiger partial charge on any atom is 0.0832 e. The summed E-state index contributed by atoms with van der Waals surface area (Å²) in [7, 11) is 5.38. The van der Waals surface area contributed by atoms with Crippen LogP contribution in [0, 0.1) is 0 Å². The first-order valence-corrected chi connectivity index (χ1v) is 2.46. The van der Waals surface area contributed by atoms with E-state index in [1.165, 1.54) is 0 Å². The highest BCUT2D eigenvalue weighted by Gasteiger charge is 1.73. The third kappa shape index (κ3) is 5.43. The van der Waals surface area contributed by atoms with Crippen molar-refractivity contribution in [3.63, 3.8) is 0 Å². The summed E-state index contributed by atoms with van der Waals surface area (Å²) >= 11 is 0. The molecule has 8 heavy (non-hydrogen) atoms. The van der Waals surface area contributed by atoms with Crippen LogP contribution in [-0.2, 0) is 4.74 Å². The molecule has 0 aromatic carbocycles. The van der Waals surface area contributed by atoms with Gasteiger partial charge >= 0.3 is 0 Å². The Kier molecular flexibility index (Phi) is 4.26. The van der Waals surface area contributed by atoms with Gasteiger partial charge in [0.05, 0.1) is 12.8 Å². The second-order valence-electron chi connectivity index (χ2n) is 1.60. The van der Waals surface area contributed by atoms with Gasteiger partial charge < -0.3 is 9.75 Å². The van der Waals surface area contributed by atoms with Gasteiger partial charge in [0.1, 0.15) is 0 Å². The zero-order valence-corrected chi connectivity index (χ0v) is 5.59. The van der Waals surface area contributed by atoms with Gasteiger partial charge in [0.15, 0.2) is 0 Å². The highest BCUT2D eigenvalue weighted by molar-refractivity contribution is 5.57. The molecule has 48 valence electrons. The van der Waals surface area contributed by atoms with Crippen LogP contribution in [0.25, 0.3) is 0 Å². The topological polar surface area (TPSA) is 24.8 Å². The molecule has 0 saturated heterocycles. The van der Waals surface area contributed by atoms with Crippen LogP contribution in [0.3, 0.4) is 0 Å². The summed E-state index contributed by atoms with van der Waals surface area (Å²) in [5.41, 5.74) is 0. The van der Waals surface area contributed by atoms with Crippen LogP contribution in [0.15, 0.2) is 5.10 Å². The van der Waals surface area contributed by atoms with Gasteiger partial charge in [0.25, 0.3) is 0 Å². The van der Waals surface area contributed by atoms with E-state index in [9.17, 15) is 0 Å². The average Bonchev–Trinajstić information content (AvgIpc) is 1.66. The lowest BCUT2D eigenvalue weighted by molar-refractivity contribution is 0.246. The highest BCUT2D eigenvalue weighted by atomic mass is 16.5. The van der Waals surface area contributed by atoms with Crippen molar-refractivity contribution in [3.05, 3.63) is 0 Å². The Labute approximate surface area is 49.9 Å². The first kappa shape index (κ1) is 7.43. The second kappa shape index (κ2) is 4.59. The highest BCUT2D eigenvalue weighted by Crippen LogP contribution is 1.70. The van der Waals surface area contributed by atoms with Crippen LogP contribution in [0.4, 0.5) is 0 Å². The third-order valence-electron chi connectivity index (χ3n) is 0.554. The molecule has 0 aromatic heterocycles. The zero-order valence-electron chi connectivity index (χ0n) is 5.59. The predicted octanol–water partition coefficient (Wildman–Crippen LogP) is 0.180. The molecular formula is C5H12N2O. The van der Waals surface area contributed by atoms with Crippen LogP contribution >= 0.6 is 0 Å². The fourth-order valence-electron chi connectivity index (χ4n) is 0.271. The maximum atomic E-state index is 4.72. The van der Waals surface area contributed by atoms with E-state index in [1.807, 2.05) is 14.1 Å². The average molecular weight is 116 g/mol. The van der Waals surface area contributed by atoms with Crippen molar-refractivity contribution >= 4 is 6.21 Å². The van der Waals surface area contributed by atoms with Crippen LogP contribution in [0.5, 0.6) is 0 Å². The Hall–Kier alpha value is -0.570. The van der Waals surface area contributed by atoms with E-state index >= 15 is 0 Å². The summed E-state index contributed by atoms with van der Waals surface area (Å²) in [5.74, 6) is 0. The van der Waals surface area contributed by atoms with E-state index in [4.69, 9.17) is 4.74 Å². The molecule has 0 atom stereocenters. The molecule has 0 aliphatic heterocycles. The molecule has 3 nitrogen and oxygen atoms in total. The van der Waals surface area contributed by atoms with Gasteiger partial charge in [-0.15, -0.1) is 0 Å². The minimum absolute atomic E-state index is 0.582. The smallest absolute Gasteiger partial charge is 0.0832 e. The van der Waals surface area contributed by atoms with E-state index < -0.39 is 0 Å². The molecule has 0 N–H and O–H groups in total. The molecule has 0 radical (unpaired) electrons. The number of ether oxygens (including phenoxy) is 1. The number of hydrogen-bond acceptors (Lipinski definition) is 3. The van der Waals surface area contributed by atoms with Gasteiger partial charge in [-0.25, -0.2) is 0 Å². The summed E-state index contributed by atoms with van der Waals surface area (Å²) in [6.07, 6.45) is 1.71. The minimum Gasteiger partial charge on any atom is -0.379 e. The summed E-state index contributed by atoms with van der Waals surface area (Å²) in [6.45, 7) is 0.582. The largest absolute Gasteiger partial charge is 0.379 e. The molecule has 0 heterocycles. The van der Waals surface area contributed by atoms with Crippen molar-refractivity contribution in [3.8, 4) is 0 Å². The second-order valence-corrected chi connectivity index (χ2v) is 1.60. The molecule has 0 aromatic rings. The van der Waals surface area contributed by atoms with Gasteiger partial charge in [-0.3, -0.25) is 0 Å². The number of nitrogens with zero attached hydrogens (tertiary/aromatic N) is 2. The molecule has 0 saturated carbocycles. The SMILES string of the molecule is COC/C=N\N(C)C. The maximum absolute atomic E-state index is 4.72. The van der Waals surface area contributed by atoms with E-state index in [-0.39, 0.29) is 0 Å². The van der Waals surface area contributed by atoms with Crippen molar-refractivity contribution in [2.75, 3.05) is 27.8 Å². The normalized spacial score (nSPS) is 10.4. The molecule has 0 amide bonds. The van der Waals surface area contributed by atoms with Crippen LogP contribution in [0.2, 0.25) is 0 Å². The Morgan fingerprint density at radius 2 is 2.25 bits per heavy atom. The molecule has 3 heteroatoms. The van der Waals surface area contributed by atoms with Gasteiger partial charge in [0.2, 0.25) is 0 Å². The zero-order chi connectivity index (χ0) is 6.41. The summed E-state index contributed by atoms with van der Waals surface area (Å²) in [5, 5.41) is 5.62. The Balaban J connectivity index is 3.07. The van der Waals surface area contributed by atoms with Gasteiger partial charge in [-0.05, 0) is 0 Å². The van der Waals surface area contributed by atoms with Crippen molar-refractivity contribution in [1.82, 2.24) is 5.01 Å². The molecule has 0 rings (SSSR count). The number of hydrogen-bond donors (Lipinski definition) is 0. The number of methoxy groups -OCH3 is 1. The lowest BCUT2D eigenvalue weighted by Gasteiger charge is -2.00. The monoisotopic (exact) mass is 116 g/mol. The first-order valence-electron chi connectivity index (χ1n) is 2.46. The van der Waals surface area contributed by atoms with Gasteiger partial charge in [-0.1, -0.05) is 0 Å². The van der Waals surface area contributed by atoms with E-state index in [1.54, 1.807) is 18.3 Å². The summed E-state index contributed by atoms with van der Waals surface area (Å²) in [6, 6.07) is 0. The molecule has 0 bridgehead atoms. The summed E-state index contributed by atoms with van der Waals surface area (Å²) < 4.78 is 4.72. The van der Waals surface area contributed by atoms with Crippen LogP contribution in [-0.4, -0.2) is 39.0 Å². The van der Waals surface area contributed by atoms with E-state index in [2.05, 4.69) is 5.10 Å². The Morgan fingerprint density at radius 3 is 2.62 bits per heavy atom. The number of hydrazone groups is 1. The quantitative estimate of drug-likeness (QED) is 0.388. The first-order chi connectivity index (χ1) is 3.77. The summed E-state index contributed by atoms with van der Waals surface area (Å²) in [4.78, 5) is 0. The van der Waals surface area contributed by atoms with Crippen molar-refractivity contribution in [2.45, 2.75) is 0 Å². The molecule has 0 unspecified atom stereocenters. The fourth-order valence-corrected chi connectivity index (χ4v) is 0.271. The third-order valence-corrected chi connectivity index (χ3v) is 0.554. The standard InChI is InChI=1S/C5H12N2O/c1-7(2)6-4-5-8-3/h4H,5H2,1-3H3/b6-4-. The molecule has 0 spiro atoms. The van der Waals surface area contributed by atoms with Gasteiger partial charge in [0, 0.05) is 21.2 Å². The Bertz CT molecular complexity index is 70.8. The Morgan fingerprint density at radius 1 is 1.62 bits per heavy atom. The molecule has 0 aliphatic rings. The van der Waals surface area contributed by atoms with Crippen molar-refractivity contribution in [2.24, 2.45) is 5.10 Å². The van der Waals surface area contributed by atoms with Crippen molar-refractivity contribution in [1.29, 1.82) is 0 Å². The van der Waals surface area contributed by atoms with Gasteiger partial charge in [-0.2, -0.15) is 5.10 Å². The van der Waals surface area contributed by atoms with Crippen LogP contribution < -0.4 is 0 Å². The molecule has 0 fully saturated rings.